The molecule has 2 atom stereocenters. The largest absolute Gasteiger partial charge is 0.301 e. The standard InChI is InChI=1S/C10H14F2N2/c1-7(14-8(2)10(11)12)9-5-3-4-6-13-9/h3-8,10,14H,1-2H3/t7-,8?/m1/s1. The number of alkyl halides is 2. The maximum atomic E-state index is 12.2. The lowest BCUT2D eigenvalue weighted by Gasteiger charge is -2.18. The lowest BCUT2D eigenvalue weighted by atomic mass is 10.2. The zero-order chi connectivity index (χ0) is 10.6. The summed E-state index contributed by atoms with van der Waals surface area (Å²) in [4.78, 5) is 4.08. The molecule has 0 bridgehead atoms. The fourth-order valence-electron chi connectivity index (χ4n) is 1.18. The van der Waals surface area contributed by atoms with E-state index < -0.39 is 12.5 Å². The predicted molar refractivity (Wildman–Crippen MR) is 51.3 cm³/mol. The van der Waals surface area contributed by atoms with Crippen molar-refractivity contribution in [3.63, 3.8) is 0 Å². The Morgan fingerprint density at radius 1 is 1.29 bits per heavy atom. The van der Waals surface area contributed by atoms with E-state index in [1.54, 1.807) is 12.3 Å². The van der Waals surface area contributed by atoms with E-state index in [4.69, 9.17) is 0 Å². The van der Waals surface area contributed by atoms with E-state index in [1.807, 2.05) is 19.1 Å². The van der Waals surface area contributed by atoms with Gasteiger partial charge in [0.05, 0.1) is 11.7 Å². The van der Waals surface area contributed by atoms with Gasteiger partial charge in [0.2, 0.25) is 0 Å². The lowest BCUT2D eigenvalue weighted by Crippen LogP contribution is -2.34. The van der Waals surface area contributed by atoms with Crippen LogP contribution in [0.2, 0.25) is 0 Å². The first-order valence-electron chi connectivity index (χ1n) is 4.56. The smallest absolute Gasteiger partial charge is 0.253 e. The Balaban J connectivity index is 2.55. The average Bonchev–Trinajstić information content (AvgIpc) is 2.19. The van der Waals surface area contributed by atoms with Crippen LogP contribution in [0.15, 0.2) is 24.4 Å². The number of nitrogens with one attached hydrogen (secondary N) is 1. The number of nitrogens with zero attached hydrogens (tertiary/aromatic N) is 1. The van der Waals surface area contributed by atoms with Gasteiger partial charge in [0, 0.05) is 12.2 Å². The Morgan fingerprint density at radius 2 is 2.00 bits per heavy atom. The topological polar surface area (TPSA) is 24.9 Å². The molecule has 0 amide bonds. The Labute approximate surface area is 82.4 Å². The minimum atomic E-state index is -2.35. The maximum absolute atomic E-state index is 12.2. The second-order valence-electron chi connectivity index (χ2n) is 3.27. The summed E-state index contributed by atoms with van der Waals surface area (Å²) in [6.45, 7) is 3.28. The molecule has 4 heteroatoms. The summed E-state index contributed by atoms with van der Waals surface area (Å²) in [5.74, 6) is 0. The average molecular weight is 200 g/mol. The van der Waals surface area contributed by atoms with Crippen LogP contribution in [-0.4, -0.2) is 17.5 Å². The molecule has 1 unspecified atom stereocenters. The maximum Gasteiger partial charge on any atom is 0.253 e. The summed E-state index contributed by atoms with van der Waals surface area (Å²) in [5, 5.41) is 2.78. The van der Waals surface area contributed by atoms with Crippen LogP contribution < -0.4 is 5.32 Å². The number of halogens is 2. The van der Waals surface area contributed by atoms with Gasteiger partial charge in [0.15, 0.2) is 0 Å². The van der Waals surface area contributed by atoms with Crippen molar-refractivity contribution in [3.05, 3.63) is 30.1 Å². The molecular formula is C10H14F2N2. The third kappa shape index (κ3) is 3.03. The monoisotopic (exact) mass is 200 g/mol. The van der Waals surface area contributed by atoms with E-state index in [0.717, 1.165) is 5.69 Å². The van der Waals surface area contributed by atoms with Gasteiger partial charge in [0.25, 0.3) is 6.43 Å². The van der Waals surface area contributed by atoms with Crippen LogP contribution in [0, 0.1) is 0 Å². The van der Waals surface area contributed by atoms with Crippen LogP contribution in [0.1, 0.15) is 25.6 Å². The van der Waals surface area contributed by atoms with E-state index >= 15 is 0 Å². The van der Waals surface area contributed by atoms with Crippen LogP contribution in [0.4, 0.5) is 8.78 Å². The van der Waals surface area contributed by atoms with Gasteiger partial charge in [-0.05, 0) is 26.0 Å². The van der Waals surface area contributed by atoms with Gasteiger partial charge in [0.1, 0.15) is 0 Å². The first-order chi connectivity index (χ1) is 6.61. The summed E-state index contributed by atoms with van der Waals surface area (Å²) in [7, 11) is 0. The van der Waals surface area contributed by atoms with Gasteiger partial charge in [-0.2, -0.15) is 0 Å². The molecule has 1 aromatic heterocycles. The molecule has 1 heterocycles. The third-order valence-electron chi connectivity index (χ3n) is 2.02. The van der Waals surface area contributed by atoms with E-state index in [2.05, 4.69) is 10.3 Å². The van der Waals surface area contributed by atoms with Crippen LogP contribution >= 0.6 is 0 Å². The molecule has 0 saturated heterocycles. The molecule has 0 aliphatic rings. The Morgan fingerprint density at radius 3 is 2.50 bits per heavy atom. The van der Waals surface area contributed by atoms with Crippen LogP contribution in [0.5, 0.6) is 0 Å². The Bertz CT molecular complexity index is 264. The normalized spacial score (nSPS) is 15.5. The zero-order valence-corrected chi connectivity index (χ0v) is 8.24. The lowest BCUT2D eigenvalue weighted by molar-refractivity contribution is 0.101. The molecule has 1 rings (SSSR count). The number of pyridine rings is 1. The highest BCUT2D eigenvalue weighted by atomic mass is 19.3. The van der Waals surface area contributed by atoms with Crippen molar-refractivity contribution in [2.24, 2.45) is 0 Å². The summed E-state index contributed by atoms with van der Waals surface area (Å²) in [5.41, 5.74) is 0.778. The predicted octanol–water partition coefficient (Wildman–Crippen LogP) is 2.39. The summed E-state index contributed by atoms with van der Waals surface area (Å²) >= 11 is 0. The molecule has 1 aromatic rings. The fraction of sp³-hybridized carbons (Fsp3) is 0.500. The van der Waals surface area contributed by atoms with Gasteiger partial charge < -0.3 is 5.32 Å². The second-order valence-corrected chi connectivity index (χ2v) is 3.27. The summed E-state index contributed by atoms with van der Waals surface area (Å²) in [6, 6.07) is 4.49. The molecule has 0 aliphatic carbocycles. The fourth-order valence-corrected chi connectivity index (χ4v) is 1.18. The quantitative estimate of drug-likeness (QED) is 0.807. The van der Waals surface area contributed by atoms with Crippen molar-refractivity contribution in [2.75, 3.05) is 0 Å². The zero-order valence-electron chi connectivity index (χ0n) is 8.24. The molecule has 1 N–H and O–H groups in total. The van der Waals surface area contributed by atoms with Crippen LogP contribution in [0.3, 0.4) is 0 Å². The number of rotatable bonds is 4. The van der Waals surface area contributed by atoms with E-state index in [9.17, 15) is 8.78 Å². The second kappa shape index (κ2) is 5.00. The van der Waals surface area contributed by atoms with Crippen molar-refractivity contribution in [2.45, 2.75) is 32.4 Å². The molecule has 0 fully saturated rings. The third-order valence-corrected chi connectivity index (χ3v) is 2.02. The van der Waals surface area contributed by atoms with Gasteiger partial charge in [-0.25, -0.2) is 8.78 Å². The molecule has 14 heavy (non-hydrogen) atoms. The van der Waals surface area contributed by atoms with Gasteiger partial charge in [-0.1, -0.05) is 6.07 Å². The molecule has 0 saturated carbocycles. The molecule has 0 aromatic carbocycles. The van der Waals surface area contributed by atoms with Crippen molar-refractivity contribution in [1.82, 2.24) is 10.3 Å². The van der Waals surface area contributed by atoms with E-state index in [1.165, 1.54) is 6.92 Å². The van der Waals surface area contributed by atoms with Crippen molar-refractivity contribution >= 4 is 0 Å². The molecule has 0 aliphatic heterocycles. The summed E-state index contributed by atoms with van der Waals surface area (Å²) < 4.78 is 24.4. The van der Waals surface area contributed by atoms with Crippen molar-refractivity contribution in [3.8, 4) is 0 Å². The minimum Gasteiger partial charge on any atom is -0.301 e. The first kappa shape index (κ1) is 11.0. The minimum absolute atomic E-state index is 0.153. The highest BCUT2D eigenvalue weighted by Gasteiger charge is 2.17. The van der Waals surface area contributed by atoms with Gasteiger partial charge in [-0.15, -0.1) is 0 Å². The Kier molecular flexibility index (Phi) is 3.95. The molecular weight excluding hydrogens is 186 g/mol. The number of hydrogen-bond acceptors (Lipinski definition) is 2. The molecule has 2 nitrogen and oxygen atoms in total. The van der Waals surface area contributed by atoms with Crippen molar-refractivity contribution in [1.29, 1.82) is 0 Å². The first-order valence-corrected chi connectivity index (χ1v) is 4.56. The molecule has 0 radical (unpaired) electrons. The molecule has 78 valence electrons. The van der Waals surface area contributed by atoms with Crippen LogP contribution in [0.25, 0.3) is 0 Å². The highest BCUT2D eigenvalue weighted by molar-refractivity contribution is 5.07. The number of aromatic nitrogens is 1. The molecule has 0 spiro atoms. The SMILES string of the molecule is CC(N[C@H](C)c1ccccn1)C(F)F. The highest BCUT2D eigenvalue weighted by Crippen LogP contribution is 2.11. The van der Waals surface area contributed by atoms with Gasteiger partial charge in [-0.3, -0.25) is 4.98 Å². The summed E-state index contributed by atoms with van der Waals surface area (Å²) in [6.07, 6.45) is -0.693. The number of hydrogen-bond donors (Lipinski definition) is 1. The van der Waals surface area contributed by atoms with Gasteiger partial charge >= 0.3 is 0 Å². The van der Waals surface area contributed by atoms with Crippen molar-refractivity contribution < 1.29 is 8.78 Å². The van der Waals surface area contributed by atoms with E-state index in [0.29, 0.717) is 0 Å². The van der Waals surface area contributed by atoms with Crippen LogP contribution in [-0.2, 0) is 0 Å². The van der Waals surface area contributed by atoms with E-state index in [-0.39, 0.29) is 6.04 Å². The Hall–Kier alpha value is -1.03.